The molecule has 1 saturated heterocycles. The lowest BCUT2D eigenvalue weighted by molar-refractivity contribution is 0.135. The van der Waals surface area contributed by atoms with Gasteiger partial charge in [-0.3, -0.25) is 4.90 Å². The summed E-state index contributed by atoms with van der Waals surface area (Å²) in [6, 6.07) is 20.8. The summed E-state index contributed by atoms with van der Waals surface area (Å²) in [5, 5.41) is 2.99. The Balaban J connectivity index is 1.45. The maximum atomic E-state index is 12.0. The maximum Gasteiger partial charge on any atom is 0.407 e. The fourth-order valence-electron chi connectivity index (χ4n) is 3.17. The predicted molar refractivity (Wildman–Crippen MR) is 94.5 cm³/mol. The molecule has 4 heteroatoms. The molecule has 2 aromatic carbocycles. The molecule has 1 heterocycles. The summed E-state index contributed by atoms with van der Waals surface area (Å²) in [7, 11) is 0. The molecular formula is C20H24N2O2. The zero-order chi connectivity index (χ0) is 16.8. The molecule has 0 aromatic heterocycles. The number of alkyl carbamates (subject to hydrolysis) is 1. The van der Waals surface area contributed by atoms with Crippen LogP contribution in [0.1, 0.15) is 24.5 Å². The van der Waals surface area contributed by atoms with Crippen molar-refractivity contribution in [3.63, 3.8) is 0 Å². The van der Waals surface area contributed by atoms with Gasteiger partial charge < -0.3 is 10.1 Å². The summed E-state index contributed by atoms with van der Waals surface area (Å²) in [6.45, 7) is 4.29. The van der Waals surface area contributed by atoms with E-state index in [-0.39, 0.29) is 12.1 Å². The zero-order valence-corrected chi connectivity index (χ0v) is 14.0. The van der Waals surface area contributed by atoms with Crippen LogP contribution in [0.2, 0.25) is 0 Å². The first-order valence-electron chi connectivity index (χ1n) is 8.46. The Bertz CT molecular complexity index is 645. The number of rotatable bonds is 5. The highest BCUT2D eigenvalue weighted by atomic mass is 16.5. The van der Waals surface area contributed by atoms with Crippen LogP contribution < -0.4 is 5.32 Å². The van der Waals surface area contributed by atoms with Crippen molar-refractivity contribution in [1.82, 2.24) is 10.2 Å². The smallest absolute Gasteiger partial charge is 0.407 e. The van der Waals surface area contributed by atoms with Crippen LogP contribution in [-0.4, -0.2) is 29.6 Å². The van der Waals surface area contributed by atoms with Gasteiger partial charge in [-0.1, -0.05) is 60.7 Å². The summed E-state index contributed by atoms with van der Waals surface area (Å²) in [5.41, 5.74) is 2.30. The van der Waals surface area contributed by atoms with E-state index in [0.717, 1.165) is 25.1 Å². The summed E-state index contributed by atoms with van der Waals surface area (Å²) in [5.74, 6) is 0. The minimum absolute atomic E-state index is 0.145. The third-order valence-corrected chi connectivity index (χ3v) is 4.47. The van der Waals surface area contributed by atoms with Crippen molar-refractivity contribution in [2.75, 3.05) is 6.54 Å². The molecule has 1 amide bonds. The maximum absolute atomic E-state index is 12.0. The average Bonchev–Trinajstić information content (AvgIpc) is 2.94. The Kier molecular flexibility index (Phi) is 5.49. The van der Waals surface area contributed by atoms with Gasteiger partial charge in [0.25, 0.3) is 0 Å². The molecule has 2 aromatic rings. The van der Waals surface area contributed by atoms with Crippen molar-refractivity contribution >= 4 is 6.09 Å². The van der Waals surface area contributed by atoms with Crippen LogP contribution in [0.3, 0.4) is 0 Å². The molecule has 2 atom stereocenters. The number of carbonyl (C=O) groups excluding carboxylic acids is 1. The van der Waals surface area contributed by atoms with E-state index in [2.05, 4.69) is 41.4 Å². The molecule has 1 N–H and O–H groups in total. The molecule has 1 fully saturated rings. The van der Waals surface area contributed by atoms with E-state index in [1.165, 1.54) is 5.56 Å². The van der Waals surface area contributed by atoms with Crippen LogP contribution in [0.5, 0.6) is 0 Å². The van der Waals surface area contributed by atoms with E-state index in [0.29, 0.717) is 12.6 Å². The number of ether oxygens (including phenoxy) is 1. The quantitative estimate of drug-likeness (QED) is 0.914. The molecule has 0 unspecified atom stereocenters. The Morgan fingerprint density at radius 3 is 2.38 bits per heavy atom. The first kappa shape index (κ1) is 16.5. The van der Waals surface area contributed by atoms with Gasteiger partial charge in [-0.25, -0.2) is 4.79 Å². The Labute approximate surface area is 143 Å². The van der Waals surface area contributed by atoms with Crippen molar-refractivity contribution in [2.45, 2.75) is 38.6 Å². The highest BCUT2D eigenvalue weighted by Gasteiger charge is 2.30. The van der Waals surface area contributed by atoms with Crippen LogP contribution in [0.15, 0.2) is 60.7 Å². The van der Waals surface area contributed by atoms with Gasteiger partial charge in [-0.05, 0) is 24.5 Å². The second kappa shape index (κ2) is 7.97. The van der Waals surface area contributed by atoms with Crippen LogP contribution in [0.4, 0.5) is 4.79 Å². The van der Waals surface area contributed by atoms with Crippen LogP contribution in [0.25, 0.3) is 0 Å². The minimum atomic E-state index is -0.336. The highest BCUT2D eigenvalue weighted by Crippen LogP contribution is 2.20. The molecule has 0 bridgehead atoms. The first-order chi connectivity index (χ1) is 11.7. The molecule has 3 rings (SSSR count). The van der Waals surface area contributed by atoms with Crippen molar-refractivity contribution in [1.29, 1.82) is 0 Å². The van der Waals surface area contributed by atoms with Crippen molar-refractivity contribution in [3.8, 4) is 0 Å². The topological polar surface area (TPSA) is 41.6 Å². The second-order valence-electron chi connectivity index (χ2n) is 6.40. The number of nitrogens with one attached hydrogen (secondary N) is 1. The standard InChI is InChI=1S/C20H24N2O2/c1-16-12-19(14-22(16)13-17-8-4-2-5-9-17)21-20(23)24-15-18-10-6-3-7-11-18/h2-11,16,19H,12-15H2,1H3,(H,21,23)/t16-,19+/m1/s1. The Morgan fingerprint density at radius 1 is 1.08 bits per heavy atom. The molecule has 4 nitrogen and oxygen atoms in total. The van der Waals surface area contributed by atoms with Gasteiger partial charge in [0.15, 0.2) is 0 Å². The number of nitrogens with zero attached hydrogens (tertiary/aromatic N) is 1. The van der Waals surface area contributed by atoms with Crippen molar-refractivity contribution < 1.29 is 9.53 Å². The summed E-state index contributed by atoms with van der Waals surface area (Å²) in [6.07, 6.45) is 0.616. The minimum Gasteiger partial charge on any atom is -0.445 e. The molecule has 1 aliphatic heterocycles. The number of hydrogen-bond acceptors (Lipinski definition) is 3. The van der Waals surface area contributed by atoms with Crippen LogP contribution >= 0.6 is 0 Å². The molecule has 126 valence electrons. The fourth-order valence-corrected chi connectivity index (χ4v) is 3.17. The largest absolute Gasteiger partial charge is 0.445 e. The SMILES string of the molecule is C[C@@H]1C[C@H](NC(=O)OCc2ccccc2)CN1Cc1ccccc1. The normalized spacial score (nSPS) is 20.7. The van der Waals surface area contributed by atoms with Gasteiger partial charge in [0.05, 0.1) is 0 Å². The Morgan fingerprint density at radius 2 is 1.71 bits per heavy atom. The van der Waals surface area contributed by atoms with Gasteiger partial charge in [-0.2, -0.15) is 0 Å². The van der Waals surface area contributed by atoms with Gasteiger partial charge in [0.2, 0.25) is 0 Å². The van der Waals surface area contributed by atoms with Crippen molar-refractivity contribution in [3.05, 3.63) is 71.8 Å². The van der Waals surface area contributed by atoms with Crippen LogP contribution in [0, 0.1) is 0 Å². The van der Waals surface area contributed by atoms with E-state index in [9.17, 15) is 4.79 Å². The lowest BCUT2D eigenvalue weighted by Crippen LogP contribution is -2.37. The number of benzene rings is 2. The van der Waals surface area contributed by atoms with Crippen LogP contribution in [-0.2, 0) is 17.9 Å². The van der Waals surface area contributed by atoms with E-state index >= 15 is 0 Å². The second-order valence-corrected chi connectivity index (χ2v) is 6.40. The Hall–Kier alpha value is -2.33. The average molecular weight is 324 g/mol. The monoisotopic (exact) mass is 324 g/mol. The summed E-state index contributed by atoms with van der Waals surface area (Å²) >= 11 is 0. The molecule has 0 saturated carbocycles. The van der Waals surface area contributed by atoms with E-state index in [1.54, 1.807) is 0 Å². The van der Waals surface area contributed by atoms with Gasteiger partial charge >= 0.3 is 6.09 Å². The molecule has 0 radical (unpaired) electrons. The first-order valence-corrected chi connectivity index (χ1v) is 8.46. The summed E-state index contributed by atoms with van der Waals surface area (Å²) in [4.78, 5) is 14.4. The fraction of sp³-hybridized carbons (Fsp3) is 0.350. The summed E-state index contributed by atoms with van der Waals surface area (Å²) < 4.78 is 5.31. The molecule has 0 spiro atoms. The van der Waals surface area contributed by atoms with E-state index < -0.39 is 0 Å². The number of likely N-dealkylation sites (tertiary alicyclic amines) is 1. The highest BCUT2D eigenvalue weighted by molar-refractivity contribution is 5.67. The van der Waals surface area contributed by atoms with Gasteiger partial charge in [0.1, 0.15) is 6.61 Å². The number of hydrogen-bond donors (Lipinski definition) is 1. The van der Waals surface area contributed by atoms with E-state index in [4.69, 9.17) is 4.74 Å². The third-order valence-electron chi connectivity index (χ3n) is 4.47. The lowest BCUT2D eigenvalue weighted by atomic mass is 10.2. The lowest BCUT2D eigenvalue weighted by Gasteiger charge is -2.20. The molecule has 24 heavy (non-hydrogen) atoms. The molecular weight excluding hydrogens is 300 g/mol. The number of amides is 1. The molecule has 1 aliphatic rings. The van der Waals surface area contributed by atoms with Crippen molar-refractivity contribution in [2.24, 2.45) is 0 Å². The van der Waals surface area contributed by atoms with Gasteiger partial charge in [-0.15, -0.1) is 0 Å². The molecule has 0 aliphatic carbocycles. The number of carbonyl (C=O) groups is 1. The van der Waals surface area contributed by atoms with Gasteiger partial charge in [0, 0.05) is 25.2 Å². The zero-order valence-electron chi connectivity index (χ0n) is 14.0. The predicted octanol–water partition coefficient (Wildman–Crippen LogP) is 3.58. The third kappa shape index (κ3) is 4.59. The van der Waals surface area contributed by atoms with E-state index in [1.807, 2.05) is 36.4 Å².